The van der Waals surface area contributed by atoms with E-state index in [1.165, 1.54) is 0 Å². The molecule has 0 aliphatic heterocycles. The van der Waals surface area contributed by atoms with E-state index in [0.717, 1.165) is 24.8 Å². The lowest BCUT2D eigenvalue weighted by Gasteiger charge is -2.57. The van der Waals surface area contributed by atoms with Gasteiger partial charge in [-0.2, -0.15) is 10.5 Å². The van der Waals surface area contributed by atoms with Crippen molar-refractivity contribution in [2.75, 3.05) is 0 Å². The normalized spacial score (nSPS) is 36.1. The molecule has 3 aliphatic rings. The summed E-state index contributed by atoms with van der Waals surface area (Å²) in [6.07, 6.45) is 7.61. The minimum absolute atomic E-state index is 0.0281. The van der Waals surface area contributed by atoms with E-state index in [-0.39, 0.29) is 34.0 Å². The third kappa shape index (κ3) is 2.10. The molecule has 3 aliphatic carbocycles. The summed E-state index contributed by atoms with van der Waals surface area (Å²) in [5, 5.41) is 18.8. The largest absolute Gasteiger partial charge is 0.293 e. The molecule has 0 saturated heterocycles. The Bertz CT molecular complexity index is 859. The Morgan fingerprint density at radius 1 is 1.12 bits per heavy atom. The second-order valence-electron chi connectivity index (χ2n) is 8.20. The monoisotopic (exact) mass is 334 g/mol. The molecule has 3 rings (SSSR count). The van der Waals surface area contributed by atoms with Crippen molar-refractivity contribution in [2.45, 2.75) is 47.0 Å². The van der Waals surface area contributed by atoms with Gasteiger partial charge in [-0.25, -0.2) is 0 Å². The first-order valence-corrected chi connectivity index (χ1v) is 8.74. The van der Waals surface area contributed by atoms with Crippen LogP contribution in [0.1, 0.15) is 47.0 Å². The minimum atomic E-state index is -0.655. The van der Waals surface area contributed by atoms with Gasteiger partial charge in [-0.1, -0.05) is 39.8 Å². The summed E-state index contributed by atoms with van der Waals surface area (Å²) in [6.45, 7) is 7.91. The summed E-state index contributed by atoms with van der Waals surface area (Å²) >= 11 is 0. The Balaban J connectivity index is 2.28. The molecular formula is C21H22N2O2. The minimum Gasteiger partial charge on any atom is -0.293 e. The van der Waals surface area contributed by atoms with E-state index in [4.69, 9.17) is 0 Å². The molecule has 4 nitrogen and oxygen atoms in total. The van der Waals surface area contributed by atoms with Gasteiger partial charge in [0.15, 0.2) is 11.6 Å². The summed E-state index contributed by atoms with van der Waals surface area (Å²) < 4.78 is 0. The number of carbonyl (C=O) groups excluding carboxylic acids is 2. The Labute approximate surface area is 148 Å². The fourth-order valence-electron chi connectivity index (χ4n) is 5.37. The first-order chi connectivity index (χ1) is 11.7. The molecule has 0 aromatic heterocycles. The highest BCUT2D eigenvalue weighted by Gasteiger charge is 2.59. The Morgan fingerprint density at radius 3 is 2.32 bits per heavy atom. The van der Waals surface area contributed by atoms with Crippen LogP contribution in [0.4, 0.5) is 0 Å². The van der Waals surface area contributed by atoms with Gasteiger partial charge in [-0.3, -0.25) is 9.59 Å². The van der Waals surface area contributed by atoms with Gasteiger partial charge in [0.2, 0.25) is 0 Å². The average molecular weight is 334 g/mol. The van der Waals surface area contributed by atoms with Gasteiger partial charge in [-0.05, 0) is 36.8 Å². The second-order valence-corrected chi connectivity index (χ2v) is 8.20. The van der Waals surface area contributed by atoms with Crippen molar-refractivity contribution in [1.29, 1.82) is 10.5 Å². The average Bonchev–Trinajstić information content (AvgIpc) is 2.58. The maximum absolute atomic E-state index is 12.7. The molecule has 0 aromatic rings. The van der Waals surface area contributed by atoms with Gasteiger partial charge in [0, 0.05) is 16.2 Å². The lowest BCUT2D eigenvalue weighted by atomic mass is 9.45. The molecule has 0 amide bonds. The predicted molar refractivity (Wildman–Crippen MR) is 92.8 cm³/mol. The molecule has 0 bridgehead atoms. The molecule has 0 spiro atoms. The maximum Gasteiger partial charge on any atom is 0.196 e. The zero-order valence-electron chi connectivity index (χ0n) is 15.1. The number of hydrogen-bond acceptors (Lipinski definition) is 4. The highest BCUT2D eigenvalue weighted by Crippen LogP contribution is 2.64. The van der Waals surface area contributed by atoms with E-state index in [0.29, 0.717) is 0 Å². The van der Waals surface area contributed by atoms with Crippen LogP contribution in [0.3, 0.4) is 0 Å². The van der Waals surface area contributed by atoms with Crippen LogP contribution in [0.25, 0.3) is 0 Å². The number of ketones is 2. The van der Waals surface area contributed by atoms with Crippen molar-refractivity contribution < 1.29 is 9.59 Å². The molecule has 1 saturated carbocycles. The van der Waals surface area contributed by atoms with E-state index in [2.05, 4.69) is 13.0 Å². The number of rotatable bonds is 1. The summed E-state index contributed by atoms with van der Waals surface area (Å²) in [6, 6.07) is 4.08. The predicted octanol–water partition coefficient (Wildman–Crippen LogP) is 3.82. The fourth-order valence-corrected chi connectivity index (χ4v) is 5.37. The third-order valence-corrected chi connectivity index (χ3v) is 6.70. The SMILES string of the molecule is CC[C@]12C=C(C#N)C(=O)C=C1[C@@]1(C)C=C(C#N)C(=O)C(C)(C)[C@@H]1CC2. The van der Waals surface area contributed by atoms with Crippen LogP contribution in [-0.4, -0.2) is 11.6 Å². The topological polar surface area (TPSA) is 81.7 Å². The van der Waals surface area contributed by atoms with Crippen LogP contribution in [0.15, 0.2) is 34.9 Å². The smallest absolute Gasteiger partial charge is 0.196 e. The van der Waals surface area contributed by atoms with E-state index in [1.54, 1.807) is 12.2 Å². The van der Waals surface area contributed by atoms with Crippen LogP contribution in [-0.2, 0) is 9.59 Å². The number of fused-ring (bicyclic) bond motifs is 3. The highest BCUT2D eigenvalue weighted by atomic mass is 16.1. The summed E-state index contributed by atoms with van der Waals surface area (Å²) in [5.41, 5.74) is -0.211. The molecule has 3 atom stereocenters. The van der Waals surface area contributed by atoms with Crippen LogP contribution in [0, 0.1) is 44.8 Å². The lowest BCUT2D eigenvalue weighted by molar-refractivity contribution is -0.130. The van der Waals surface area contributed by atoms with Gasteiger partial charge in [-0.15, -0.1) is 0 Å². The molecule has 128 valence electrons. The number of nitriles is 2. The molecular weight excluding hydrogens is 312 g/mol. The van der Waals surface area contributed by atoms with Gasteiger partial charge < -0.3 is 0 Å². The van der Waals surface area contributed by atoms with Crippen LogP contribution < -0.4 is 0 Å². The second kappa shape index (κ2) is 5.27. The molecule has 0 radical (unpaired) electrons. The number of Topliss-reactive ketones (excluding diaryl/α,β-unsaturated/α-hetero) is 1. The van der Waals surface area contributed by atoms with Crippen LogP contribution >= 0.6 is 0 Å². The molecule has 0 N–H and O–H groups in total. The third-order valence-electron chi connectivity index (χ3n) is 6.70. The molecule has 1 fully saturated rings. The Kier molecular flexibility index (Phi) is 3.66. The van der Waals surface area contributed by atoms with E-state index >= 15 is 0 Å². The zero-order chi connectivity index (χ0) is 18.6. The Hall–Kier alpha value is -2.46. The first-order valence-electron chi connectivity index (χ1n) is 8.74. The van der Waals surface area contributed by atoms with Crippen molar-refractivity contribution in [1.82, 2.24) is 0 Å². The number of allylic oxidation sites excluding steroid dienone is 6. The van der Waals surface area contributed by atoms with Crippen molar-refractivity contribution in [3.05, 3.63) is 34.9 Å². The number of nitrogens with zero attached hydrogens (tertiary/aromatic N) is 2. The molecule has 0 unspecified atom stereocenters. The van der Waals surface area contributed by atoms with Gasteiger partial charge in [0.1, 0.15) is 12.1 Å². The van der Waals surface area contributed by atoms with Crippen molar-refractivity contribution in [2.24, 2.45) is 22.2 Å². The maximum atomic E-state index is 12.7. The quantitative estimate of drug-likeness (QED) is 0.730. The van der Waals surface area contributed by atoms with Gasteiger partial charge in [0.25, 0.3) is 0 Å². The van der Waals surface area contributed by atoms with E-state index in [9.17, 15) is 20.1 Å². The van der Waals surface area contributed by atoms with E-state index in [1.807, 2.05) is 32.9 Å². The fraction of sp³-hybridized carbons (Fsp3) is 0.524. The van der Waals surface area contributed by atoms with Crippen LogP contribution in [0.5, 0.6) is 0 Å². The number of hydrogen-bond donors (Lipinski definition) is 0. The molecule has 4 heteroatoms. The van der Waals surface area contributed by atoms with E-state index < -0.39 is 10.8 Å². The lowest BCUT2D eigenvalue weighted by Crippen LogP contribution is -2.53. The Morgan fingerprint density at radius 2 is 1.76 bits per heavy atom. The summed E-state index contributed by atoms with van der Waals surface area (Å²) in [5.74, 6) is -0.358. The molecule has 25 heavy (non-hydrogen) atoms. The van der Waals surface area contributed by atoms with Gasteiger partial charge >= 0.3 is 0 Å². The molecule has 0 heterocycles. The van der Waals surface area contributed by atoms with Crippen molar-refractivity contribution in [3.8, 4) is 12.1 Å². The molecule has 0 aromatic carbocycles. The summed E-state index contributed by atoms with van der Waals surface area (Å²) in [7, 11) is 0. The summed E-state index contributed by atoms with van der Waals surface area (Å²) in [4.78, 5) is 25.1. The van der Waals surface area contributed by atoms with Crippen LogP contribution in [0.2, 0.25) is 0 Å². The zero-order valence-corrected chi connectivity index (χ0v) is 15.1. The number of carbonyl (C=O) groups is 2. The first kappa shape index (κ1) is 17.4. The van der Waals surface area contributed by atoms with Crippen molar-refractivity contribution >= 4 is 11.6 Å². The van der Waals surface area contributed by atoms with Crippen molar-refractivity contribution in [3.63, 3.8) is 0 Å². The standard InChI is InChI=1S/C21H22N2O2/c1-5-21-7-6-16-19(2,3)18(25)14(12-23)9-20(16,4)17(21)8-15(24)13(10-21)11-22/h8-10,16H,5-7H2,1-4H3/t16-,20-,21-/m0/s1. The van der Waals surface area contributed by atoms with Gasteiger partial charge in [0.05, 0.1) is 11.1 Å². The highest BCUT2D eigenvalue weighted by molar-refractivity contribution is 6.09.